The first-order valence-electron chi connectivity index (χ1n) is 7.77. The van der Waals surface area contributed by atoms with Crippen molar-refractivity contribution in [3.05, 3.63) is 75.4 Å². The first kappa shape index (κ1) is 20.0. The third kappa shape index (κ3) is 3.78. The molecule has 0 radical (unpaired) electrons. The number of halogens is 4. The lowest BCUT2D eigenvalue weighted by molar-refractivity contribution is -0.137. The Labute approximate surface area is 162 Å². The van der Waals surface area contributed by atoms with Gasteiger partial charge < -0.3 is 4.98 Å². The maximum absolute atomic E-state index is 13.0. The minimum absolute atomic E-state index is 0.0239. The van der Waals surface area contributed by atoms with Gasteiger partial charge in [-0.05, 0) is 37.3 Å². The number of nitrogens with zero attached hydrogens (tertiary/aromatic N) is 1. The smallest absolute Gasteiger partial charge is 0.312 e. The van der Waals surface area contributed by atoms with Gasteiger partial charge in [0.1, 0.15) is 0 Å². The van der Waals surface area contributed by atoms with Crippen molar-refractivity contribution >= 4 is 27.3 Å². The Morgan fingerprint density at radius 3 is 2.43 bits per heavy atom. The van der Waals surface area contributed by atoms with Crippen LogP contribution < -0.4 is 10.4 Å². The molecule has 0 amide bonds. The van der Waals surface area contributed by atoms with Gasteiger partial charge >= 0.3 is 11.9 Å². The molecule has 1 aromatic heterocycles. The first-order valence-corrected chi connectivity index (χ1v) is 9.63. The average molecular weight is 432 g/mol. The number of rotatable bonds is 4. The molecule has 0 aliphatic carbocycles. The van der Waals surface area contributed by atoms with Crippen molar-refractivity contribution in [1.29, 1.82) is 0 Å². The van der Waals surface area contributed by atoms with E-state index in [1.165, 1.54) is 29.0 Å². The highest BCUT2D eigenvalue weighted by atomic mass is 35.5. The third-order valence-electron chi connectivity index (χ3n) is 3.90. The van der Waals surface area contributed by atoms with E-state index in [1.54, 1.807) is 13.0 Å². The average Bonchev–Trinajstić information content (AvgIpc) is 2.93. The quantitative estimate of drug-likeness (QED) is 0.656. The second kappa shape index (κ2) is 7.02. The van der Waals surface area contributed by atoms with Crippen LogP contribution in [0.15, 0.2) is 58.4 Å². The molecule has 28 heavy (non-hydrogen) atoms. The first-order chi connectivity index (χ1) is 13.0. The molecule has 2 N–H and O–H groups in total. The molecular formula is C17H13ClF3N3O3S. The number of nitrogens with one attached hydrogen (secondary N) is 2. The fraction of sp³-hybridized carbons (Fsp3) is 0.118. The molecule has 0 spiro atoms. The second-order valence-corrected chi connectivity index (χ2v) is 7.92. The largest absolute Gasteiger partial charge is 0.417 e. The molecule has 0 atom stereocenters. The maximum atomic E-state index is 13.0. The fourth-order valence-corrected chi connectivity index (χ4v) is 3.93. The van der Waals surface area contributed by atoms with E-state index in [-0.39, 0.29) is 11.4 Å². The standard InChI is InChI=1S/C17H13ClF3N3O3S/c1-10-9-22-16(25)24(10)15-5-3-2-4-14(15)23-28(26,27)11-6-7-13(18)12(8-11)17(19,20)21/h2-9,23H,1H3,(H,22,25). The Kier molecular flexibility index (Phi) is 5.02. The Balaban J connectivity index is 2.07. The highest BCUT2D eigenvalue weighted by Gasteiger charge is 2.34. The molecule has 0 fully saturated rings. The zero-order chi connectivity index (χ0) is 20.7. The summed E-state index contributed by atoms with van der Waals surface area (Å²) in [5.74, 6) is 0. The van der Waals surface area contributed by atoms with Crippen LogP contribution in [-0.4, -0.2) is 18.0 Å². The molecule has 1 heterocycles. The summed E-state index contributed by atoms with van der Waals surface area (Å²) in [6.45, 7) is 1.64. The lowest BCUT2D eigenvalue weighted by atomic mass is 10.2. The highest BCUT2D eigenvalue weighted by molar-refractivity contribution is 7.92. The summed E-state index contributed by atoms with van der Waals surface area (Å²) in [6, 6.07) is 8.31. The van der Waals surface area contributed by atoms with Gasteiger partial charge in [-0.15, -0.1) is 0 Å². The maximum Gasteiger partial charge on any atom is 0.417 e. The van der Waals surface area contributed by atoms with Crippen molar-refractivity contribution < 1.29 is 21.6 Å². The predicted molar refractivity (Wildman–Crippen MR) is 98.4 cm³/mol. The molecule has 0 saturated heterocycles. The molecule has 6 nitrogen and oxygen atoms in total. The molecule has 3 aromatic rings. The number of sulfonamides is 1. The number of para-hydroxylation sites is 2. The number of hydrogen-bond acceptors (Lipinski definition) is 3. The van der Waals surface area contributed by atoms with Crippen LogP contribution in [0.5, 0.6) is 0 Å². The predicted octanol–water partition coefficient (Wildman–Crippen LogP) is 3.95. The SMILES string of the molecule is Cc1c[nH]c(=O)n1-c1ccccc1NS(=O)(=O)c1ccc(Cl)c(C(F)(F)F)c1. The number of imidazole rings is 1. The van der Waals surface area contributed by atoms with E-state index >= 15 is 0 Å². The van der Waals surface area contributed by atoms with Crippen LogP contribution in [0, 0.1) is 6.92 Å². The van der Waals surface area contributed by atoms with Crippen LogP contribution in [0.25, 0.3) is 5.69 Å². The molecule has 0 aliphatic rings. The van der Waals surface area contributed by atoms with Gasteiger partial charge in [-0.3, -0.25) is 9.29 Å². The molecule has 2 aromatic carbocycles. The van der Waals surface area contributed by atoms with Crippen molar-refractivity contribution in [1.82, 2.24) is 9.55 Å². The van der Waals surface area contributed by atoms with E-state index in [2.05, 4.69) is 9.71 Å². The van der Waals surface area contributed by atoms with Gasteiger partial charge in [0.05, 0.1) is 26.9 Å². The number of anilines is 1. The van der Waals surface area contributed by atoms with Gasteiger partial charge in [-0.25, -0.2) is 13.2 Å². The van der Waals surface area contributed by atoms with Crippen LogP contribution in [0.4, 0.5) is 18.9 Å². The van der Waals surface area contributed by atoms with Gasteiger partial charge in [-0.1, -0.05) is 23.7 Å². The summed E-state index contributed by atoms with van der Waals surface area (Å²) in [7, 11) is -4.39. The minimum Gasteiger partial charge on any atom is -0.312 e. The van der Waals surface area contributed by atoms with E-state index in [4.69, 9.17) is 11.6 Å². The van der Waals surface area contributed by atoms with Crippen molar-refractivity contribution in [3.63, 3.8) is 0 Å². The number of aromatic nitrogens is 2. The van der Waals surface area contributed by atoms with Crippen molar-refractivity contribution in [2.45, 2.75) is 18.0 Å². The summed E-state index contributed by atoms with van der Waals surface area (Å²) in [5.41, 5.74) is -0.990. The van der Waals surface area contributed by atoms with Crippen molar-refractivity contribution in [3.8, 4) is 5.69 Å². The van der Waals surface area contributed by atoms with Gasteiger partial charge in [0, 0.05) is 11.9 Å². The minimum atomic E-state index is -4.81. The molecular weight excluding hydrogens is 419 g/mol. The van der Waals surface area contributed by atoms with Gasteiger partial charge in [0.2, 0.25) is 0 Å². The zero-order valence-electron chi connectivity index (χ0n) is 14.2. The fourth-order valence-electron chi connectivity index (χ4n) is 2.60. The van der Waals surface area contributed by atoms with Crippen LogP contribution in [0.3, 0.4) is 0 Å². The van der Waals surface area contributed by atoms with E-state index < -0.39 is 37.4 Å². The van der Waals surface area contributed by atoms with Crippen molar-refractivity contribution in [2.24, 2.45) is 0 Å². The number of alkyl halides is 3. The lowest BCUT2D eigenvalue weighted by Crippen LogP contribution is -2.20. The zero-order valence-corrected chi connectivity index (χ0v) is 15.8. The van der Waals surface area contributed by atoms with Gasteiger partial charge in [0.15, 0.2) is 0 Å². The van der Waals surface area contributed by atoms with Crippen LogP contribution in [0.1, 0.15) is 11.3 Å². The molecule has 148 valence electrons. The number of hydrogen-bond donors (Lipinski definition) is 2. The molecule has 3 rings (SSSR count). The van der Waals surface area contributed by atoms with Gasteiger partial charge in [-0.2, -0.15) is 13.2 Å². The second-order valence-electron chi connectivity index (χ2n) is 5.83. The molecule has 0 aliphatic heterocycles. The number of aryl methyl sites for hydroxylation is 1. The molecule has 0 saturated carbocycles. The highest BCUT2D eigenvalue weighted by Crippen LogP contribution is 2.36. The summed E-state index contributed by atoms with van der Waals surface area (Å²) in [6.07, 6.45) is -3.36. The van der Waals surface area contributed by atoms with Gasteiger partial charge in [0.25, 0.3) is 10.0 Å². The van der Waals surface area contributed by atoms with E-state index in [1.807, 2.05) is 0 Å². The van der Waals surface area contributed by atoms with Crippen LogP contribution in [0.2, 0.25) is 5.02 Å². The van der Waals surface area contributed by atoms with E-state index in [0.29, 0.717) is 11.8 Å². The van der Waals surface area contributed by atoms with Crippen LogP contribution >= 0.6 is 11.6 Å². The Morgan fingerprint density at radius 2 is 1.82 bits per heavy atom. The normalized spacial score (nSPS) is 12.2. The molecule has 0 bridgehead atoms. The van der Waals surface area contributed by atoms with E-state index in [0.717, 1.165) is 12.1 Å². The summed E-state index contributed by atoms with van der Waals surface area (Å²) >= 11 is 5.54. The van der Waals surface area contributed by atoms with Crippen LogP contribution in [-0.2, 0) is 16.2 Å². The Bertz CT molecular complexity index is 1200. The number of benzene rings is 2. The summed E-state index contributed by atoms with van der Waals surface area (Å²) in [5, 5.41) is -0.610. The molecule has 11 heteroatoms. The summed E-state index contributed by atoms with van der Waals surface area (Å²) in [4.78, 5) is 13.9. The Morgan fingerprint density at radius 1 is 1.14 bits per heavy atom. The lowest BCUT2D eigenvalue weighted by Gasteiger charge is -2.15. The number of aromatic amines is 1. The van der Waals surface area contributed by atoms with Crippen molar-refractivity contribution in [2.75, 3.05) is 4.72 Å². The third-order valence-corrected chi connectivity index (χ3v) is 5.60. The monoisotopic (exact) mass is 431 g/mol. The summed E-state index contributed by atoms with van der Waals surface area (Å²) < 4.78 is 67.9. The molecule has 0 unspecified atom stereocenters. The number of H-pyrrole nitrogens is 1. The van der Waals surface area contributed by atoms with E-state index in [9.17, 15) is 26.4 Å². The Hall–Kier alpha value is -2.72. The topological polar surface area (TPSA) is 84.0 Å².